The van der Waals surface area contributed by atoms with Crippen molar-refractivity contribution < 1.29 is 21.6 Å². The number of hydrogen-bond acceptors (Lipinski definition) is 2. The van der Waals surface area contributed by atoms with Crippen molar-refractivity contribution in [2.45, 2.75) is 23.9 Å². The van der Waals surface area contributed by atoms with Gasteiger partial charge in [-0.05, 0) is 18.6 Å². The average Bonchev–Trinajstić information content (AvgIpc) is 2.17. The van der Waals surface area contributed by atoms with Crippen LogP contribution in [-0.2, 0) is 9.84 Å². The third-order valence-corrected chi connectivity index (χ3v) is 3.79. The zero-order valence-corrected chi connectivity index (χ0v) is 9.18. The molecule has 0 aliphatic carbocycles. The fourth-order valence-corrected chi connectivity index (χ4v) is 2.54. The van der Waals surface area contributed by atoms with Crippen molar-refractivity contribution in [1.29, 1.82) is 0 Å². The molecule has 6 heteroatoms. The molecule has 0 amide bonds. The first-order valence-corrected chi connectivity index (χ1v) is 6.31. The van der Waals surface area contributed by atoms with E-state index in [1.807, 2.05) is 0 Å². The van der Waals surface area contributed by atoms with Gasteiger partial charge in [-0.15, -0.1) is 0 Å². The van der Waals surface area contributed by atoms with E-state index in [0.29, 0.717) is 0 Å². The van der Waals surface area contributed by atoms with E-state index in [9.17, 15) is 21.6 Å². The number of benzene rings is 1. The van der Waals surface area contributed by atoms with E-state index in [1.165, 1.54) is 24.3 Å². The molecule has 90 valence electrons. The van der Waals surface area contributed by atoms with Gasteiger partial charge in [-0.1, -0.05) is 18.2 Å². The first-order valence-electron chi connectivity index (χ1n) is 4.66. The summed E-state index contributed by atoms with van der Waals surface area (Å²) in [5.74, 6) is -0.476. The summed E-state index contributed by atoms with van der Waals surface area (Å²) in [6.07, 6.45) is -5.77. The molecule has 0 atom stereocenters. The second kappa shape index (κ2) is 4.86. The van der Waals surface area contributed by atoms with Gasteiger partial charge in [-0.2, -0.15) is 13.2 Å². The van der Waals surface area contributed by atoms with Crippen molar-refractivity contribution in [1.82, 2.24) is 0 Å². The van der Waals surface area contributed by atoms with Crippen LogP contribution in [0.2, 0.25) is 0 Å². The van der Waals surface area contributed by atoms with Crippen molar-refractivity contribution in [2.75, 3.05) is 5.75 Å². The molecule has 0 radical (unpaired) electrons. The number of alkyl halides is 3. The zero-order valence-electron chi connectivity index (χ0n) is 8.37. The van der Waals surface area contributed by atoms with Gasteiger partial charge >= 0.3 is 6.18 Å². The van der Waals surface area contributed by atoms with Gasteiger partial charge in [0.15, 0.2) is 9.84 Å². The Bertz CT molecular complexity index is 423. The molecule has 1 aromatic rings. The van der Waals surface area contributed by atoms with Crippen LogP contribution in [0.4, 0.5) is 13.2 Å². The Labute approximate surface area is 92.0 Å². The van der Waals surface area contributed by atoms with E-state index in [4.69, 9.17) is 0 Å². The Morgan fingerprint density at radius 1 is 1.06 bits per heavy atom. The van der Waals surface area contributed by atoms with E-state index < -0.39 is 34.6 Å². The van der Waals surface area contributed by atoms with Crippen molar-refractivity contribution in [3.63, 3.8) is 0 Å². The van der Waals surface area contributed by atoms with Crippen molar-refractivity contribution >= 4 is 9.84 Å². The maximum absolute atomic E-state index is 11.8. The minimum Gasteiger partial charge on any atom is -0.224 e. The summed E-state index contributed by atoms with van der Waals surface area (Å²) in [7, 11) is -3.58. The topological polar surface area (TPSA) is 34.1 Å². The Morgan fingerprint density at radius 3 is 2.12 bits per heavy atom. The standard InChI is InChI=1S/C10H11F3O2S/c11-10(12,13)7-4-8-16(14,15)9-5-2-1-3-6-9/h1-3,5-6H,4,7-8H2. The third-order valence-electron chi connectivity index (χ3n) is 1.98. The molecule has 0 aliphatic heterocycles. The summed E-state index contributed by atoms with van der Waals surface area (Å²) in [5, 5.41) is 0. The number of halogens is 3. The maximum atomic E-state index is 11.8. The summed E-state index contributed by atoms with van der Waals surface area (Å²) < 4.78 is 58.6. The van der Waals surface area contributed by atoms with Crippen molar-refractivity contribution in [2.24, 2.45) is 0 Å². The van der Waals surface area contributed by atoms with Crippen LogP contribution in [0.25, 0.3) is 0 Å². The lowest BCUT2D eigenvalue weighted by atomic mass is 10.3. The molecule has 0 saturated carbocycles. The number of sulfone groups is 1. The second-order valence-electron chi connectivity index (χ2n) is 3.35. The predicted molar refractivity (Wildman–Crippen MR) is 53.8 cm³/mol. The highest BCUT2D eigenvalue weighted by atomic mass is 32.2. The molecule has 1 rings (SSSR count). The first-order chi connectivity index (χ1) is 7.31. The molecule has 0 aliphatic rings. The number of hydrogen-bond donors (Lipinski definition) is 0. The van der Waals surface area contributed by atoms with Gasteiger partial charge in [0.1, 0.15) is 0 Å². The molecule has 16 heavy (non-hydrogen) atoms. The van der Waals surface area contributed by atoms with Gasteiger partial charge in [0.25, 0.3) is 0 Å². The SMILES string of the molecule is O=S(=O)(CCCC(F)(F)F)c1ccccc1. The fourth-order valence-electron chi connectivity index (χ4n) is 1.21. The number of rotatable bonds is 4. The Morgan fingerprint density at radius 2 is 1.62 bits per heavy atom. The van der Waals surface area contributed by atoms with Crippen LogP contribution < -0.4 is 0 Å². The predicted octanol–water partition coefficient (Wildman–Crippen LogP) is 2.80. The monoisotopic (exact) mass is 252 g/mol. The minimum atomic E-state index is -4.30. The molecular formula is C10H11F3O2S. The summed E-state index contributed by atoms with van der Waals surface area (Å²) in [6, 6.07) is 7.48. The molecule has 2 nitrogen and oxygen atoms in total. The van der Waals surface area contributed by atoms with Gasteiger partial charge in [0.2, 0.25) is 0 Å². The van der Waals surface area contributed by atoms with Crippen LogP contribution in [0.15, 0.2) is 35.2 Å². The van der Waals surface area contributed by atoms with Crippen LogP contribution in [0.5, 0.6) is 0 Å². The first kappa shape index (κ1) is 13.0. The summed E-state index contributed by atoms with van der Waals surface area (Å²) in [4.78, 5) is 0.0668. The molecular weight excluding hydrogens is 241 g/mol. The lowest BCUT2D eigenvalue weighted by Gasteiger charge is -2.06. The molecule has 0 fully saturated rings. The van der Waals surface area contributed by atoms with Crippen LogP contribution in [0.1, 0.15) is 12.8 Å². The highest BCUT2D eigenvalue weighted by Crippen LogP contribution is 2.22. The highest BCUT2D eigenvalue weighted by molar-refractivity contribution is 7.91. The van der Waals surface area contributed by atoms with Crippen molar-refractivity contribution in [3.05, 3.63) is 30.3 Å². The molecule has 0 aromatic heterocycles. The maximum Gasteiger partial charge on any atom is 0.389 e. The summed E-state index contributed by atoms with van der Waals surface area (Å²) in [5.41, 5.74) is 0. The van der Waals surface area contributed by atoms with Crippen LogP contribution in [0, 0.1) is 0 Å². The Kier molecular flexibility index (Phi) is 3.96. The van der Waals surface area contributed by atoms with Gasteiger partial charge in [-0.25, -0.2) is 8.42 Å². The van der Waals surface area contributed by atoms with E-state index in [2.05, 4.69) is 0 Å². The van der Waals surface area contributed by atoms with E-state index in [1.54, 1.807) is 6.07 Å². The quantitative estimate of drug-likeness (QED) is 0.825. The van der Waals surface area contributed by atoms with Gasteiger partial charge in [0.05, 0.1) is 10.6 Å². The molecule has 0 bridgehead atoms. The average molecular weight is 252 g/mol. The van der Waals surface area contributed by atoms with Crippen LogP contribution in [0.3, 0.4) is 0 Å². The molecule has 0 saturated heterocycles. The molecule has 0 N–H and O–H groups in total. The summed E-state index contributed by atoms with van der Waals surface area (Å²) in [6.45, 7) is 0. The smallest absolute Gasteiger partial charge is 0.224 e. The lowest BCUT2D eigenvalue weighted by Crippen LogP contribution is -2.12. The fraction of sp³-hybridized carbons (Fsp3) is 0.400. The van der Waals surface area contributed by atoms with E-state index >= 15 is 0 Å². The van der Waals surface area contributed by atoms with Gasteiger partial charge < -0.3 is 0 Å². The normalized spacial score (nSPS) is 12.7. The lowest BCUT2D eigenvalue weighted by molar-refractivity contribution is -0.134. The molecule has 1 aromatic carbocycles. The van der Waals surface area contributed by atoms with Gasteiger partial charge in [0, 0.05) is 6.42 Å². The Hall–Kier alpha value is -1.04. The molecule has 0 unspecified atom stereocenters. The minimum absolute atomic E-state index is 0.0668. The zero-order chi connectivity index (χ0) is 12.2. The van der Waals surface area contributed by atoms with Crippen LogP contribution in [-0.4, -0.2) is 20.3 Å². The molecule has 0 heterocycles. The van der Waals surface area contributed by atoms with E-state index in [0.717, 1.165) is 0 Å². The Balaban J connectivity index is 2.61. The molecule has 0 spiro atoms. The largest absolute Gasteiger partial charge is 0.389 e. The third kappa shape index (κ3) is 4.22. The van der Waals surface area contributed by atoms with Crippen molar-refractivity contribution in [3.8, 4) is 0 Å². The summed E-state index contributed by atoms with van der Waals surface area (Å²) >= 11 is 0. The second-order valence-corrected chi connectivity index (χ2v) is 5.46. The van der Waals surface area contributed by atoms with Gasteiger partial charge in [-0.3, -0.25) is 0 Å². The highest BCUT2D eigenvalue weighted by Gasteiger charge is 2.27. The van der Waals surface area contributed by atoms with Crippen LogP contribution >= 0.6 is 0 Å². The van der Waals surface area contributed by atoms with E-state index in [-0.39, 0.29) is 4.90 Å².